The normalized spacial score (nSPS) is 17.7. The molecule has 0 saturated carbocycles. The average Bonchev–Trinajstić information content (AvgIpc) is 3.54. The van der Waals surface area contributed by atoms with Crippen molar-refractivity contribution in [3.8, 4) is 17.2 Å². The quantitative estimate of drug-likeness (QED) is 0.152. The topological polar surface area (TPSA) is 283 Å². The number of hydrogen-bond donors (Lipinski definition) is 3. The molecule has 3 aromatic heterocycles. The van der Waals surface area contributed by atoms with Crippen molar-refractivity contribution in [2.24, 2.45) is 5.73 Å². The number of nitrogens with two attached hydrogens (primary N) is 2. The van der Waals surface area contributed by atoms with E-state index >= 15 is 0 Å². The lowest BCUT2D eigenvalue weighted by molar-refractivity contribution is 0.121. The van der Waals surface area contributed by atoms with Gasteiger partial charge in [-0.2, -0.15) is 44.9 Å². The fraction of sp³-hybridized carbons (Fsp3) is 0.588. The largest absolute Gasteiger partial charge is 0.497 e. The van der Waals surface area contributed by atoms with Crippen molar-refractivity contribution in [1.82, 2.24) is 44.9 Å². The zero-order valence-corrected chi connectivity index (χ0v) is 46.5. The zero-order valence-electron chi connectivity index (χ0n) is 45.8. The van der Waals surface area contributed by atoms with Gasteiger partial charge in [0.1, 0.15) is 17.2 Å². The molecule has 0 radical (unpaired) electrons. The van der Waals surface area contributed by atoms with Crippen molar-refractivity contribution in [3.05, 3.63) is 58.4 Å². The minimum atomic E-state index is 0.234. The molecule has 28 heteroatoms. The number of nitrogens with zero attached hydrogens (tertiary/aromatic N) is 15. The van der Waals surface area contributed by atoms with Crippen LogP contribution < -0.4 is 60.4 Å². The number of rotatable bonds is 13. The maximum Gasteiger partial charge on any atom is 0.232 e. The molecule has 0 bridgehead atoms. The van der Waals surface area contributed by atoms with Gasteiger partial charge in [-0.25, -0.2) is 0 Å². The number of aryl methyl sites for hydroxylation is 1. The van der Waals surface area contributed by atoms with E-state index in [2.05, 4.69) is 87.6 Å². The van der Waals surface area contributed by atoms with E-state index in [4.69, 9.17) is 70.7 Å². The number of ether oxygens (including phenoxy) is 9. The molecule has 5 aromatic rings. The molecule has 0 amide bonds. The highest BCUT2D eigenvalue weighted by Gasteiger charge is 2.24. The SMILES string of the molecule is COc1ccc(CN)c(OC)c1.COc1ccc(CNc2nc(N3CCOCC3)nc(N3CCOCC3)n2)c(C)c1.Clc1nc(N2CCOCC2)nc(N2CCOCC2)n1.Nc1nc(N2CCOCC2)nc(N2CCOCC2)n1. The fourth-order valence-corrected chi connectivity index (χ4v) is 8.90. The molecule has 0 aliphatic carbocycles. The van der Waals surface area contributed by atoms with E-state index in [0.717, 1.165) is 107 Å². The van der Waals surface area contributed by atoms with Crippen LogP contribution in [0.25, 0.3) is 0 Å². The Balaban J connectivity index is 0.000000145. The molecule has 6 aliphatic heterocycles. The predicted molar refractivity (Wildman–Crippen MR) is 300 cm³/mol. The van der Waals surface area contributed by atoms with Gasteiger partial charge in [-0.15, -0.1) is 0 Å². The van der Waals surface area contributed by atoms with E-state index in [-0.39, 0.29) is 11.2 Å². The summed E-state index contributed by atoms with van der Waals surface area (Å²) in [6.07, 6.45) is 0. The first-order chi connectivity index (χ1) is 38.7. The molecule has 0 unspecified atom stereocenters. The lowest BCUT2D eigenvalue weighted by Gasteiger charge is -2.30. The smallest absolute Gasteiger partial charge is 0.232 e. The maximum atomic E-state index is 6.01. The van der Waals surface area contributed by atoms with Gasteiger partial charge in [-0.1, -0.05) is 12.1 Å². The van der Waals surface area contributed by atoms with Crippen LogP contribution in [0.4, 0.5) is 47.6 Å². The molecule has 6 aliphatic rings. The molecule has 430 valence electrons. The van der Waals surface area contributed by atoms with Gasteiger partial charge < -0.3 is 88.8 Å². The zero-order chi connectivity index (χ0) is 55.2. The molecule has 0 atom stereocenters. The van der Waals surface area contributed by atoms with Crippen molar-refractivity contribution in [3.63, 3.8) is 0 Å². The number of aromatic nitrogens is 9. The first-order valence-corrected chi connectivity index (χ1v) is 27.0. The second-order valence-corrected chi connectivity index (χ2v) is 18.7. The molecule has 5 N–H and O–H groups in total. The number of anilines is 8. The first kappa shape index (κ1) is 58.4. The van der Waals surface area contributed by atoms with Crippen LogP contribution in [0.3, 0.4) is 0 Å². The number of benzene rings is 2. The number of nitrogens with one attached hydrogen (secondary N) is 1. The van der Waals surface area contributed by atoms with Gasteiger partial charge in [-0.3, -0.25) is 0 Å². The van der Waals surface area contributed by atoms with Gasteiger partial charge >= 0.3 is 0 Å². The van der Waals surface area contributed by atoms with E-state index in [1.165, 1.54) is 5.56 Å². The number of halogens is 1. The molecule has 2 aromatic carbocycles. The maximum absolute atomic E-state index is 6.01. The van der Waals surface area contributed by atoms with E-state index in [1.807, 2.05) is 30.3 Å². The Morgan fingerprint density at radius 1 is 0.456 bits per heavy atom. The van der Waals surface area contributed by atoms with Crippen molar-refractivity contribution in [1.29, 1.82) is 0 Å². The number of morpholine rings is 6. The summed E-state index contributed by atoms with van der Waals surface area (Å²) in [6.45, 7) is 20.8. The summed E-state index contributed by atoms with van der Waals surface area (Å²) in [6, 6.07) is 11.6. The van der Waals surface area contributed by atoms with Gasteiger partial charge in [0, 0.05) is 103 Å². The standard InChI is InChI=1S/C20H28N6O3.C11H16ClN5O2.C11H18N6O2.C9H13NO2/c1-15-13-17(27-2)4-3-16(15)14-21-18-22-19(25-5-9-28-10-6-25)24-20(23-18)26-7-11-29-12-8-26;2*12-9-13-10(16-1-5-18-6-2-16)15-11(14-9)17-3-7-19-8-4-17;1-11-8-4-3-7(6-10)9(5-8)12-2/h3-4,13H,5-12,14H2,1-2H3,(H,21,22,23,24);1-8H2;1-8H2,(H2,12,13,14,15);3-5H,6,10H2,1-2H3. The highest BCUT2D eigenvalue weighted by atomic mass is 35.5. The van der Waals surface area contributed by atoms with Crippen LogP contribution in [0.1, 0.15) is 16.7 Å². The van der Waals surface area contributed by atoms with Gasteiger partial charge in [0.15, 0.2) is 0 Å². The summed E-state index contributed by atoms with van der Waals surface area (Å²) in [5, 5.41) is 3.61. The molecule has 6 saturated heterocycles. The Morgan fingerprint density at radius 3 is 1.11 bits per heavy atom. The number of hydrogen-bond acceptors (Lipinski definition) is 27. The van der Waals surface area contributed by atoms with Gasteiger partial charge in [-0.05, 0) is 47.9 Å². The summed E-state index contributed by atoms with van der Waals surface area (Å²) in [7, 11) is 4.92. The van der Waals surface area contributed by atoms with Crippen LogP contribution in [-0.4, -0.2) is 224 Å². The summed E-state index contributed by atoms with van der Waals surface area (Å²) in [4.78, 5) is 52.6. The molecule has 79 heavy (non-hydrogen) atoms. The third-order valence-electron chi connectivity index (χ3n) is 13.3. The van der Waals surface area contributed by atoms with Crippen molar-refractivity contribution in [2.45, 2.75) is 20.0 Å². The Bertz CT molecular complexity index is 2450. The Morgan fingerprint density at radius 2 is 0.785 bits per heavy atom. The monoisotopic (exact) mass is 1120 g/mol. The second kappa shape index (κ2) is 30.6. The van der Waals surface area contributed by atoms with Crippen molar-refractivity contribution in [2.75, 3.05) is 220 Å². The van der Waals surface area contributed by atoms with E-state index < -0.39 is 0 Å². The number of methoxy groups -OCH3 is 3. The van der Waals surface area contributed by atoms with Gasteiger partial charge in [0.05, 0.1) is 101 Å². The average molecular weight is 1120 g/mol. The molecule has 27 nitrogen and oxygen atoms in total. The predicted octanol–water partition coefficient (Wildman–Crippen LogP) is 1.96. The molecule has 11 rings (SSSR count). The van der Waals surface area contributed by atoms with E-state index in [0.29, 0.717) is 134 Å². The first-order valence-electron chi connectivity index (χ1n) is 26.6. The minimum absolute atomic E-state index is 0.234. The second-order valence-electron chi connectivity index (χ2n) is 18.4. The highest BCUT2D eigenvalue weighted by molar-refractivity contribution is 6.28. The van der Waals surface area contributed by atoms with E-state index in [1.54, 1.807) is 21.3 Å². The molecular weight excluding hydrogens is 1040 g/mol. The fourth-order valence-electron chi connectivity index (χ4n) is 8.75. The van der Waals surface area contributed by atoms with Gasteiger partial charge in [0.2, 0.25) is 52.9 Å². The summed E-state index contributed by atoms with van der Waals surface area (Å²) in [5.41, 5.74) is 14.6. The van der Waals surface area contributed by atoms with Crippen molar-refractivity contribution < 1.29 is 42.6 Å². The Kier molecular flexibility index (Phi) is 22.6. The highest BCUT2D eigenvalue weighted by Crippen LogP contribution is 2.25. The summed E-state index contributed by atoms with van der Waals surface area (Å²) < 4.78 is 47.7. The van der Waals surface area contributed by atoms with Crippen LogP contribution in [0.15, 0.2) is 36.4 Å². The van der Waals surface area contributed by atoms with Crippen LogP contribution in [0.5, 0.6) is 17.2 Å². The van der Waals surface area contributed by atoms with Crippen molar-refractivity contribution >= 4 is 59.2 Å². The van der Waals surface area contributed by atoms with Crippen LogP contribution in [-0.2, 0) is 41.5 Å². The number of nitrogen functional groups attached to an aromatic ring is 1. The lowest BCUT2D eigenvalue weighted by Crippen LogP contribution is -2.40. The molecule has 0 spiro atoms. The lowest BCUT2D eigenvalue weighted by atomic mass is 10.1. The van der Waals surface area contributed by atoms with E-state index in [9.17, 15) is 0 Å². The molecule has 6 fully saturated rings. The van der Waals surface area contributed by atoms with Crippen LogP contribution in [0, 0.1) is 6.92 Å². The minimum Gasteiger partial charge on any atom is -0.497 e. The van der Waals surface area contributed by atoms with Crippen LogP contribution in [0.2, 0.25) is 5.28 Å². The van der Waals surface area contributed by atoms with Crippen LogP contribution >= 0.6 is 11.6 Å². The Hall–Kier alpha value is -6.72. The third kappa shape index (κ3) is 17.4. The molecule has 9 heterocycles. The Labute approximate surface area is 466 Å². The third-order valence-corrected chi connectivity index (χ3v) is 13.5. The summed E-state index contributed by atoms with van der Waals surface area (Å²) in [5.74, 6) is 7.18. The van der Waals surface area contributed by atoms with Gasteiger partial charge in [0.25, 0.3) is 0 Å². The molecular formula is C51H75ClN18O9. The summed E-state index contributed by atoms with van der Waals surface area (Å²) >= 11 is 6.01.